The molecule has 0 amide bonds. The standard InChI is InChI=1S/C22H43BSi/c1-8-11-22(16-24(17(2)3,18(4)5)19(6)7)23-20-12-9-13-21(23)15-10-14-20/h16-21H,8-15H2,1-7H3/b22-16+. The molecule has 0 spiro atoms. The first-order valence-electron chi connectivity index (χ1n) is 11.1. The summed E-state index contributed by atoms with van der Waals surface area (Å²) in [5, 5.41) is 0. The smallest absolute Gasteiger partial charge is 0.108 e. The number of hydrogen-bond acceptors (Lipinski definition) is 0. The van der Waals surface area contributed by atoms with E-state index in [1.165, 1.54) is 51.4 Å². The molecule has 0 N–H and O–H groups in total. The van der Waals surface area contributed by atoms with Gasteiger partial charge in [-0.25, -0.2) is 0 Å². The van der Waals surface area contributed by atoms with Crippen molar-refractivity contribution in [1.29, 1.82) is 0 Å². The Balaban J connectivity index is 2.45. The van der Waals surface area contributed by atoms with Crippen LogP contribution in [0.2, 0.25) is 28.3 Å². The van der Waals surface area contributed by atoms with Gasteiger partial charge in [-0.3, -0.25) is 0 Å². The Bertz CT molecular complexity index is 380. The Labute approximate surface area is 154 Å². The van der Waals surface area contributed by atoms with Crippen LogP contribution in [0, 0.1) is 0 Å². The Hall–Kier alpha value is 0.0218. The summed E-state index contributed by atoms with van der Waals surface area (Å²) < 4.78 is 0. The Morgan fingerprint density at radius 2 is 1.29 bits per heavy atom. The second-order valence-electron chi connectivity index (χ2n) is 9.84. The highest BCUT2D eigenvalue weighted by Gasteiger charge is 2.45. The van der Waals surface area contributed by atoms with Crippen molar-refractivity contribution in [3.8, 4) is 0 Å². The number of rotatable bonds is 7. The first-order valence-corrected chi connectivity index (χ1v) is 13.4. The van der Waals surface area contributed by atoms with E-state index in [9.17, 15) is 0 Å². The lowest BCUT2D eigenvalue weighted by atomic mass is 9.24. The van der Waals surface area contributed by atoms with E-state index >= 15 is 0 Å². The zero-order chi connectivity index (χ0) is 17.9. The summed E-state index contributed by atoms with van der Waals surface area (Å²) in [7, 11) is -1.42. The van der Waals surface area contributed by atoms with Gasteiger partial charge in [-0.1, -0.05) is 105 Å². The summed E-state index contributed by atoms with van der Waals surface area (Å²) in [5.74, 6) is 2.04. The molecule has 2 heteroatoms. The molecule has 2 rings (SSSR count). The predicted octanol–water partition coefficient (Wildman–Crippen LogP) is 8.07. The SMILES string of the molecule is CCC/C(=C\[Si](C(C)C)(C(C)C)C(C)C)B1C2CCCC1CCC2. The van der Waals surface area contributed by atoms with E-state index < -0.39 is 8.07 Å². The van der Waals surface area contributed by atoms with Crippen molar-refractivity contribution in [3.63, 3.8) is 0 Å². The van der Waals surface area contributed by atoms with Crippen molar-refractivity contribution >= 4 is 14.8 Å². The van der Waals surface area contributed by atoms with Crippen molar-refractivity contribution in [3.05, 3.63) is 11.2 Å². The van der Waals surface area contributed by atoms with Gasteiger partial charge in [0, 0.05) is 0 Å². The zero-order valence-corrected chi connectivity index (χ0v) is 18.7. The van der Waals surface area contributed by atoms with Gasteiger partial charge in [0.2, 0.25) is 0 Å². The molecule has 2 saturated heterocycles. The fraction of sp³-hybridized carbons (Fsp3) is 0.909. The van der Waals surface area contributed by atoms with Crippen LogP contribution in [-0.2, 0) is 0 Å². The van der Waals surface area contributed by atoms with Crippen LogP contribution in [0.15, 0.2) is 11.2 Å². The quantitative estimate of drug-likeness (QED) is 0.409. The molecule has 2 fully saturated rings. The molecular weight excluding hydrogens is 303 g/mol. The van der Waals surface area contributed by atoms with Gasteiger partial charge in [-0.2, -0.15) is 0 Å². The second-order valence-corrected chi connectivity index (χ2v) is 15.6. The van der Waals surface area contributed by atoms with Crippen LogP contribution >= 0.6 is 0 Å². The van der Waals surface area contributed by atoms with Crippen molar-refractivity contribution in [2.75, 3.05) is 0 Å². The molecular formula is C22H43BSi. The summed E-state index contributed by atoms with van der Waals surface area (Å²) in [5.41, 5.74) is 7.47. The Kier molecular flexibility index (Phi) is 7.29. The maximum Gasteiger partial charge on any atom is 0.175 e. The predicted molar refractivity (Wildman–Crippen MR) is 115 cm³/mol. The lowest BCUT2D eigenvalue weighted by Gasteiger charge is -2.45. The molecule has 0 atom stereocenters. The van der Waals surface area contributed by atoms with Gasteiger partial charge in [-0.15, -0.1) is 11.2 Å². The van der Waals surface area contributed by atoms with E-state index in [0.29, 0.717) is 0 Å². The first kappa shape index (κ1) is 20.3. The molecule has 2 bridgehead atoms. The third-order valence-corrected chi connectivity index (χ3v) is 14.6. The average Bonchev–Trinajstić information content (AvgIpc) is 2.49. The third kappa shape index (κ3) is 3.89. The van der Waals surface area contributed by atoms with Crippen LogP contribution in [0.5, 0.6) is 0 Å². The fourth-order valence-corrected chi connectivity index (χ4v) is 12.7. The largest absolute Gasteiger partial charge is 0.175 e. The minimum Gasteiger partial charge on any atom is -0.108 e. The van der Waals surface area contributed by atoms with E-state index in [0.717, 1.165) is 35.0 Å². The van der Waals surface area contributed by atoms with Crippen LogP contribution in [0.3, 0.4) is 0 Å². The van der Waals surface area contributed by atoms with E-state index in [-0.39, 0.29) is 0 Å². The van der Waals surface area contributed by atoms with E-state index in [1.807, 2.05) is 5.47 Å². The highest BCUT2D eigenvalue weighted by molar-refractivity contribution is 6.89. The van der Waals surface area contributed by atoms with Gasteiger partial charge in [0.15, 0.2) is 6.71 Å². The number of allylic oxidation sites excluding steroid dienone is 1. The number of hydrogen-bond donors (Lipinski definition) is 0. The molecule has 0 unspecified atom stereocenters. The molecule has 0 aliphatic carbocycles. The van der Waals surface area contributed by atoms with Crippen LogP contribution in [-0.4, -0.2) is 14.8 Å². The molecule has 0 aromatic rings. The zero-order valence-electron chi connectivity index (χ0n) is 17.7. The maximum absolute atomic E-state index is 2.98. The molecule has 138 valence electrons. The van der Waals surface area contributed by atoms with E-state index in [4.69, 9.17) is 0 Å². The van der Waals surface area contributed by atoms with Gasteiger partial charge in [0.1, 0.15) is 0 Å². The lowest BCUT2D eigenvalue weighted by molar-refractivity contribution is 0.445. The highest BCUT2D eigenvalue weighted by Crippen LogP contribution is 2.51. The van der Waals surface area contributed by atoms with Crippen LogP contribution in [0.1, 0.15) is 99.8 Å². The summed E-state index contributed by atoms with van der Waals surface area (Å²) in [6.45, 7) is 18.5. The molecule has 0 aromatic heterocycles. The van der Waals surface area contributed by atoms with Crippen molar-refractivity contribution < 1.29 is 0 Å². The molecule has 0 radical (unpaired) electrons. The number of fused-ring (bicyclic) bond motifs is 2. The normalized spacial score (nSPS) is 25.9. The minimum atomic E-state index is -1.42. The topological polar surface area (TPSA) is 0 Å². The van der Waals surface area contributed by atoms with Crippen molar-refractivity contribution in [1.82, 2.24) is 0 Å². The second kappa shape index (κ2) is 8.60. The van der Waals surface area contributed by atoms with Gasteiger partial charge >= 0.3 is 0 Å². The van der Waals surface area contributed by atoms with Gasteiger partial charge < -0.3 is 0 Å². The molecule has 24 heavy (non-hydrogen) atoms. The monoisotopic (exact) mass is 346 g/mol. The minimum absolute atomic E-state index is 0.854. The highest BCUT2D eigenvalue weighted by atomic mass is 28.3. The lowest BCUT2D eigenvalue weighted by Crippen LogP contribution is -2.45. The van der Waals surface area contributed by atoms with Crippen molar-refractivity contribution in [2.45, 2.75) is 128 Å². The Morgan fingerprint density at radius 1 is 0.875 bits per heavy atom. The Morgan fingerprint density at radius 3 is 1.62 bits per heavy atom. The summed E-state index contributed by atoms with van der Waals surface area (Å²) in [6, 6.07) is 0. The molecule has 2 aliphatic rings. The molecule has 2 heterocycles. The van der Waals surface area contributed by atoms with Gasteiger partial charge in [0.05, 0.1) is 8.07 Å². The first-order chi connectivity index (χ1) is 11.3. The summed E-state index contributed by atoms with van der Waals surface area (Å²) in [4.78, 5) is 0. The molecule has 0 saturated carbocycles. The maximum atomic E-state index is 2.98. The molecule has 2 aliphatic heterocycles. The van der Waals surface area contributed by atoms with E-state index in [2.05, 4.69) is 54.2 Å². The van der Waals surface area contributed by atoms with Gasteiger partial charge in [0.25, 0.3) is 0 Å². The van der Waals surface area contributed by atoms with E-state index in [1.54, 1.807) is 0 Å². The van der Waals surface area contributed by atoms with Crippen LogP contribution in [0.4, 0.5) is 0 Å². The third-order valence-electron chi connectivity index (χ3n) is 7.72. The summed E-state index contributed by atoms with van der Waals surface area (Å²) in [6.07, 6.45) is 11.8. The van der Waals surface area contributed by atoms with Crippen LogP contribution in [0.25, 0.3) is 0 Å². The fourth-order valence-electron chi connectivity index (χ4n) is 6.73. The molecule has 0 nitrogen and oxygen atoms in total. The summed E-state index contributed by atoms with van der Waals surface area (Å²) >= 11 is 0. The average molecular weight is 346 g/mol. The van der Waals surface area contributed by atoms with Gasteiger partial charge in [-0.05, 0) is 23.0 Å². The molecule has 0 aromatic carbocycles. The van der Waals surface area contributed by atoms with Crippen LogP contribution < -0.4 is 0 Å². The van der Waals surface area contributed by atoms with Crippen molar-refractivity contribution in [2.24, 2.45) is 0 Å².